The zero-order valence-electron chi connectivity index (χ0n) is 30.8. The summed E-state index contributed by atoms with van der Waals surface area (Å²) in [5.74, 6) is 0. The minimum Gasteiger partial charge on any atom is -0.135 e. The zero-order valence-corrected chi connectivity index (χ0v) is 23.6. The van der Waals surface area contributed by atoms with Gasteiger partial charge in [0.15, 0.2) is 0 Å². The average molecular weight is 571 g/mol. The van der Waals surface area contributed by atoms with E-state index in [0.29, 0.717) is 22.3 Å². The van der Waals surface area contributed by atoms with Crippen LogP contribution in [0.2, 0.25) is 0 Å². The molecule has 200 valence electrons. The number of rotatable bonds is 3. The van der Waals surface area contributed by atoms with E-state index in [0.717, 1.165) is 42.1 Å². The summed E-state index contributed by atoms with van der Waals surface area (Å²) in [6.07, 6.45) is 0. The maximum absolute atomic E-state index is 9.35. The number of hydrogen-bond acceptors (Lipinski definition) is 1. The summed E-state index contributed by atoms with van der Waals surface area (Å²) in [7, 11) is 0. The van der Waals surface area contributed by atoms with E-state index in [1.165, 1.54) is 0 Å². The van der Waals surface area contributed by atoms with Crippen LogP contribution in [0.4, 0.5) is 0 Å². The van der Waals surface area contributed by atoms with Gasteiger partial charge in [-0.3, -0.25) is 0 Å². The Morgan fingerprint density at radius 1 is 0.395 bits per heavy atom. The van der Waals surface area contributed by atoms with E-state index in [9.17, 15) is 5.48 Å². The predicted octanol–water partition coefficient (Wildman–Crippen LogP) is 12.5. The Kier molecular flexibility index (Phi) is 3.97. The molecule has 1 aromatic heterocycles. The van der Waals surface area contributed by atoms with Crippen LogP contribution in [0.5, 0.6) is 0 Å². The summed E-state index contributed by atoms with van der Waals surface area (Å²) >= 11 is 1.61. The van der Waals surface area contributed by atoms with Crippen molar-refractivity contribution in [3.05, 3.63) is 158 Å². The van der Waals surface area contributed by atoms with E-state index in [1.807, 2.05) is 84.9 Å². The molecule has 9 aromatic rings. The smallest absolute Gasteiger partial charge is 0.0629 e. The first-order chi connectivity index (χ1) is 24.7. The summed E-state index contributed by atoms with van der Waals surface area (Å²) in [5, 5.41) is 4.88. The van der Waals surface area contributed by atoms with E-state index in [4.69, 9.17) is 5.48 Å². The van der Waals surface area contributed by atoms with Crippen LogP contribution in [0.3, 0.4) is 0 Å². The van der Waals surface area contributed by atoms with Gasteiger partial charge in [0.05, 0.1) is 11.0 Å². The molecule has 0 N–H and O–H groups in total. The van der Waals surface area contributed by atoms with Crippen molar-refractivity contribution < 1.29 is 11.0 Å². The van der Waals surface area contributed by atoms with E-state index < -0.39 is 24.2 Å². The van der Waals surface area contributed by atoms with Gasteiger partial charge in [-0.25, -0.2) is 0 Å². The van der Waals surface area contributed by atoms with Crippen molar-refractivity contribution >= 4 is 63.8 Å². The van der Waals surface area contributed by atoms with E-state index >= 15 is 0 Å². The van der Waals surface area contributed by atoms with Crippen LogP contribution in [0.15, 0.2) is 158 Å². The number of hydrogen-bond donors (Lipinski definition) is 0. The molecule has 0 unspecified atom stereocenters. The lowest BCUT2D eigenvalue weighted by Crippen LogP contribution is -1.91. The highest BCUT2D eigenvalue weighted by Gasteiger charge is 2.19. The SMILES string of the molecule is [2H]c1c([2H])c([2H])c2c(-c3cccc4sc5ccccc5c34)c3c([2H])c([2H])c([2H])c([2H])c3c(-c3ccc(-c4cccc5ccccc45)cc3)c2c1[2H]. The van der Waals surface area contributed by atoms with Gasteiger partial charge >= 0.3 is 0 Å². The third-order valence-electron chi connectivity index (χ3n) is 8.32. The maximum atomic E-state index is 9.35. The largest absolute Gasteiger partial charge is 0.135 e. The van der Waals surface area contributed by atoms with E-state index in [1.54, 1.807) is 11.3 Å². The first-order valence-electron chi connectivity index (χ1n) is 18.1. The summed E-state index contributed by atoms with van der Waals surface area (Å²) < 4.78 is 74.5. The fraction of sp³-hybridized carbons (Fsp3) is 0. The molecule has 0 bridgehead atoms. The van der Waals surface area contributed by atoms with Crippen LogP contribution < -0.4 is 0 Å². The van der Waals surface area contributed by atoms with Crippen molar-refractivity contribution in [1.29, 1.82) is 0 Å². The quantitative estimate of drug-likeness (QED) is 0.185. The highest BCUT2D eigenvalue weighted by molar-refractivity contribution is 7.25. The second-order valence-corrected chi connectivity index (χ2v) is 11.7. The molecule has 0 saturated carbocycles. The lowest BCUT2D eigenvalue weighted by Gasteiger charge is -2.18. The second kappa shape index (κ2) is 9.66. The average Bonchev–Trinajstić information content (AvgIpc) is 3.55. The Balaban J connectivity index is 1.47. The number of thiophene rings is 1. The summed E-state index contributed by atoms with van der Waals surface area (Å²) in [6, 6.07) is 33.0. The van der Waals surface area contributed by atoms with Crippen LogP contribution in [-0.2, 0) is 0 Å². The molecule has 0 saturated heterocycles. The fourth-order valence-corrected chi connectivity index (χ4v) is 7.59. The molecule has 0 fully saturated rings. The van der Waals surface area contributed by atoms with Crippen molar-refractivity contribution in [1.82, 2.24) is 0 Å². The van der Waals surface area contributed by atoms with Crippen molar-refractivity contribution in [2.75, 3.05) is 0 Å². The van der Waals surface area contributed by atoms with Gasteiger partial charge in [0.2, 0.25) is 0 Å². The van der Waals surface area contributed by atoms with Crippen molar-refractivity contribution in [2.45, 2.75) is 0 Å². The molecule has 43 heavy (non-hydrogen) atoms. The first kappa shape index (κ1) is 17.7. The summed E-state index contributed by atoms with van der Waals surface area (Å²) in [4.78, 5) is 0. The Labute approximate surface area is 265 Å². The molecule has 0 radical (unpaired) electrons. The monoisotopic (exact) mass is 570 g/mol. The zero-order chi connectivity index (χ0) is 35.3. The van der Waals surface area contributed by atoms with Crippen molar-refractivity contribution in [3.63, 3.8) is 0 Å². The van der Waals surface area contributed by atoms with Gasteiger partial charge < -0.3 is 0 Å². The van der Waals surface area contributed by atoms with E-state index in [-0.39, 0.29) is 45.7 Å². The third kappa shape index (κ3) is 3.75. The molecular weight excluding hydrogens is 537 g/mol. The highest BCUT2D eigenvalue weighted by Crippen LogP contribution is 2.47. The summed E-state index contributed by atoms with van der Waals surface area (Å²) in [5.41, 5.74) is 3.91. The minimum absolute atomic E-state index is 0.211. The number of benzene rings is 8. The molecule has 1 heterocycles. The molecule has 0 aliphatic rings. The van der Waals surface area contributed by atoms with Crippen molar-refractivity contribution in [2.24, 2.45) is 0 Å². The molecular formula is C42H26S. The lowest BCUT2D eigenvalue weighted by atomic mass is 9.84. The van der Waals surface area contributed by atoms with Gasteiger partial charge in [-0.05, 0) is 77.8 Å². The normalized spacial score (nSPS) is 14.3. The predicted molar refractivity (Wildman–Crippen MR) is 188 cm³/mol. The van der Waals surface area contributed by atoms with Crippen LogP contribution in [0, 0.1) is 0 Å². The van der Waals surface area contributed by atoms with Gasteiger partial charge in [0.1, 0.15) is 0 Å². The molecule has 0 aliphatic carbocycles. The molecule has 0 nitrogen and oxygen atoms in total. The third-order valence-corrected chi connectivity index (χ3v) is 9.46. The second-order valence-electron chi connectivity index (χ2n) is 10.6. The van der Waals surface area contributed by atoms with E-state index in [2.05, 4.69) is 24.3 Å². The molecule has 0 amide bonds. The van der Waals surface area contributed by atoms with Gasteiger partial charge in [-0.15, -0.1) is 11.3 Å². The molecule has 1 heteroatoms. The summed E-state index contributed by atoms with van der Waals surface area (Å²) in [6.45, 7) is 0. The topological polar surface area (TPSA) is 0 Å². The Hall–Kier alpha value is -5.24. The Morgan fingerprint density at radius 2 is 0.930 bits per heavy atom. The van der Waals surface area contributed by atoms with Crippen LogP contribution in [0.25, 0.3) is 85.9 Å². The van der Waals surface area contributed by atoms with Crippen LogP contribution >= 0.6 is 11.3 Å². The van der Waals surface area contributed by atoms with Gasteiger partial charge in [-0.1, -0.05) is 145 Å². The molecule has 0 aliphatic heterocycles. The maximum Gasteiger partial charge on any atom is 0.0629 e. The standard InChI is InChI=1S/C42H26S/c1-2-13-30-27(11-1)12-9-19-31(30)28-23-25-29(26-24-28)40-32-14-3-5-16-34(32)41(35-17-6-4-15-33(35)40)37-20-10-22-39-42(37)36-18-7-8-21-38(36)43-39/h1-26H/i3D,4D,5D,6D,14D,15D,16D,17D. The molecule has 9 rings (SSSR count). The van der Waals surface area contributed by atoms with Gasteiger partial charge in [0.25, 0.3) is 0 Å². The Morgan fingerprint density at radius 3 is 1.67 bits per heavy atom. The Bertz CT molecular complexity index is 2860. The highest BCUT2D eigenvalue weighted by atomic mass is 32.1. The molecule has 0 atom stereocenters. The molecule has 0 spiro atoms. The van der Waals surface area contributed by atoms with Gasteiger partial charge in [0, 0.05) is 20.2 Å². The first-order valence-corrected chi connectivity index (χ1v) is 14.9. The van der Waals surface area contributed by atoms with Gasteiger partial charge in [-0.2, -0.15) is 0 Å². The molecule has 8 aromatic carbocycles. The van der Waals surface area contributed by atoms with Crippen molar-refractivity contribution in [3.8, 4) is 33.4 Å². The lowest BCUT2D eigenvalue weighted by molar-refractivity contribution is 1.63. The van der Waals surface area contributed by atoms with Crippen LogP contribution in [-0.4, -0.2) is 0 Å². The minimum atomic E-state index is -0.411. The van der Waals surface area contributed by atoms with Crippen LogP contribution in [0.1, 0.15) is 11.0 Å². The number of fused-ring (bicyclic) bond motifs is 6. The fourth-order valence-electron chi connectivity index (χ4n) is 6.46.